The van der Waals surface area contributed by atoms with E-state index in [9.17, 15) is 8.42 Å². The van der Waals surface area contributed by atoms with Crippen LogP contribution in [0.15, 0.2) is 18.2 Å². The Morgan fingerprint density at radius 2 is 1.91 bits per heavy atom. The molecular weight excluding hydrogens is 314 g/mol. The molecule has 5 nitrogen and oxygen atoms in total. The first-order valence-electron chi connectivity index (χ1n) is 8.31. The van der Waals surface area contributed by atoms with Crippen LogP contribution >= 0.6 is 0 Å². The standard InChI is InChI=1S/C17H27NO4S/c1-4-8-18(9-5-2)17-11-14-10-13(3)6-7-15(14)16(17)12-22-23(19,20)21/h6-7,10,16-17H,4-5,8-9,11-12H2,1-3H3,(H,19,20,21)/t16?,17-/m0/s1. The molecule has 0 radical (unpaired) electrons. The van der Waals surface area contributed by atoms with E-state index >= 15 is 0 Å². The van der Waals surface area contributed by atoms with Gasteiger partial charge in [-0.3, -0.25) is 9.45 Å². The second-order valence-corrected chi connectivity index (χ2v) is 7.42. The molecule has 0 bridgehead atoms. The number of hydrogen-bond donors (Lipinski definition) is 1. The molecule has 0 heterocycles. The van der Waals surface area contributed by atoms with Gasteiger partial charge in [-0.2, -0.15) is 8.42 Å². The second kappa shape index (κ2) is 7.75. The van der Waals surface area contributed by atoms with Gasteiger partial charge in [0.25, 0.3) is 0 Å². The summed E-state index contributed by atoms with van der Waals surface area (Å²) in [6, 6.07) is 6.50. The van der Waals surface area contributed by atoms with Crippen LogP contribution in [0.25, 0.3) is 0 Å². The van der Waals surface area contributed by atoms with Crippen molar-refractivity contribution in [1.82, 2.24) is 4.90 Å². The van der Waals surface area contributed by atoms with Crippen molar-refractivity contribution >= 4 is 10.4 Å². The highest BCUT2D eigenvalue weighted by Crippen LogP contribution is 2.37. The molecule has 1 aromatic rings. The van der Waals surface area contributed by atoms with Gasteiger partial charge in [-0.05, 0) is 50.4 Å². The molecule has 1 aliphatic carbocycles. The van der Waals surface area contributed by atoms with E-state index in [0.717, 1.165) is 37.9 Å². The van der Waals surface area contributed by atoms with Crippen molar-refractivity contribution in [2.24, 2.45) is 0 Å². The van der Waals surface area contributed by atoms with Crippen LogP contribution in [0.3, 0.4) is 0 Å². The van der Waals surface area contributed by atoms with Crippen molar-refractivity contribution in [2.75, 3.05) is 19.7 Å². The molecule has 0 aliphatic heterocycles. The Morgan fingerprint density at radius 3 is 2.48 bits per heavy atom. The summed E-state index contributed by atoms with van der Waals surface area (Å²) in [7, 11) is -4.41. The van der Waals surface area contributed by atoms with E-state index in [2.05, 4.69) is 37.8 Å². The summed E-state index contributed by atoms with van der Waals surface area (Å²) >= 11 is 0. The number of hydrogen-bond acceptors (Lipinski definition) is 4. The van der Waals surface area contributed by atoms with Gasteiger partial charge < -0.3 is 0 Å². The molecule has 130 valence electrons. The zero-order chi connectivity index (χ0) is 17.0. The van der Waals surface area contributed by atoms with Crippen molar-refractivity contribution in [3.63, 3.8) is 0 Å². The fourth-order valence-electron chi connectivity index (χ4n) is 3.61. The van der Waals surface area contributed by atoms with Crippen molar-refractivity contribution in [3.05, 3.63) is 34.9 Å². The third-order valence-electron chi connectivity index (χ3n) is 4.48. The first-order chi connectivity index (χ1) is 10.9. The number of nitrogens with zero attached hydrogens (tertiary/aromatic N) is 1. The normalized spacial score (nSPS) is 20.9. The Kier molecular flexibility index (Phi) is 6.19. The number of aryl methyl sites for hydroxylation is 1. The molecule has 1 unspecified atom stereocenters. The molecule has 0 aromatic heterocycles. The van der Waals surface area contributed by atoms with Crippen LogP contribution in [0.4, 0.5) is 0 Å². The predicted octanol–water partition coefficient (Wildman–Crippen LogP) is 2.94. The van der Waals surface area contributed by atoms with Crippen LogP contribution in [-0.4, -0.2) is 43.6 Å². The maximum absolute atomic E-state index is 11.0. The lowest BCUT2D eigenvalue weighted by Crippen LogP contribution is -2.40. The molecule has 1 aromatic carbocycles. The summed E-state index contributed by atoms with van der Waals surface area (Å²) in [5, 5.41) is 0. The number of benzene rings is 1. The first kappa shape index (κ1) is 18.4. The SMILES string of the molecule is CCCN(CCC)[C@H]1Cc2cc(C)ccc2C1COS(=O)(=O)O. The van der Waals surface area contributed by atoms with Crippen LogP contribution in [0, 0.1) is 6.92 Å². The number of rotatable bonds is 8. The third-order valence-corrected chi connectivity index (χ3v) is 4.91. The predicted molar refractivity (Wildman–Crippen MR) is 91.1 cm³/mol. The largest absolute Gasteiger partial charge is 0.397 e. The third kappa shape index (κ3) is 4.76. The molecule has 1 aliphatic rings. The summed E-state index contributed by atoms with van der Waals surface area (Å²) in [5.74, 6) is -0.0365. The monoisotopic (exact) mass is 341 g/mol. The van der Waals surface area contributed by atoms with Crippen LogP contribution in [-0.2, 0) is 21.0 Å². The van der Waals surface area contributed by atoms with Gasteiger partial charge in [-0.25, -0.2) is 4.18 Å². The average molecular weight is 341 g/mol. The zero-order valence-corrected chi connectivity index (χ0v) is 15.0. The number of fused-ring (bicyclic) bond motifs is 1. The van der Waals surface area contributed by atoms with Gasteiger partial charge in [0.15, 0.2) is 0 Å². The molecule has 1 N–H and O–H groups in total. The molecule has 0 spiro atoms. The Balaban J connectivity index is 2.28. The average Bonchev–Trinajstić information content (AvgIpc) is 2.81. The highest BCUT2D eigenvalue weighted by Gasteiger charge is 2.36. The summed E-state index contributed by atoms with van der Waals surface area (Å²) in [6.07, 6.45) is 3.01. The van der Waals surface area contributed by atoms with E-state index in [1.54, 1.807) is 0 Å². The van der Waals surface area contributed by atoms with E-state index in [1.807, 2.05) is 6.07 Å². The Bertz CT molecular complexity index is 623. The van der Waals surface area contributed by atoms with Gasteiger partial charge in [0.1, 0.15) is 0 Å². The first-order valence-corrected chi connectivity index (χ1v) is 9.67. The van der Waals surface area contributed by atoms with Gasteiger partial charge in [-0.15, -0.1) is 0 Å². The lowest BCUT2D eigenvalue weighted by atomic mass is 9.97. The highest BCUT2D eigenvalue weighted by molar-refractivity contribution is 7.80. The topological polar surface area (TPSA) is 66.8 Å². The van der Waals surface area contributed by atoms with E-state index in [-0.39, 0.29) is 18.6 Å². The maximum atomic E-state index is 11.0. The summed E-state index contributed by atoms with van der Waals surface area (Å²) in [5.41, 5.74) is 3.61. The minimum absolute atomic E-state index is 0.0104. The van der Waals surface area contributed by atoms with Gasteiger partial charge in [-0.1, -0.05) is 37.6 Å². The minimum Gasteiger partial charge on any atom is -0.299 e. The van der Waals surface area contributed by atoms with Gasteiger partial charge in [0.05, 0.1) is 6.61 Å². The van der Waals surface area contributed by atoms with Crippen LogP contribution < -0.4 is 0 Å². The van der Waals surface area contributed by atoms with Crippen molar-refractivity contribution in [1.29, 1.82) is 0 Å². The fourth-order valence-corrected chi connectivity index (χ4v) is 3.93. The van der Waals surface area contributed by atoms with Gasteiger partial charge >= 0.3 is 10.4 Å². The van der Waals surface area contributed by atoms with E-state index in [1.165, 1.54) is 11.1 Å². The van der Waals surface area contributed by atoms with Crippen molar-refractivity contribution in [3.8, 4) is 0 Å². The lowest BCUT2D eigenvalue weighted by molar-refractivity contribution is 0.146. The van der Waals surface area contributed by atoms with E-state index < -0.39 is 10.4 Å². The maximum Gasteiger partial charge on any atom is 0.397 e. The molecular formula is C17H27NO4S. The quantitative estimate of drug-likeness (QED) is 0.736. The Hall–Kier alpha value is -0.950. The molecule has 0 saturated carbocycles. The molecule has 0 amide bonds. The van der Waals surface area contributed by atoms with Gasteiger partial charge in [0.2, 0.25) is 0 Å². The molecule has 2 rings (SSSR count). The van der Waals surface area contributed by atoms with Crippen molar-refractivity contribution in [2.45, 2.75) is 52.0 Å². The highest BCUT2D eigenvalue weighted by atomic mass is 32.3. The molecule has 0 saturated heterocycles. The molecule has 0 fully saturated rings. The van der Waals surface area contributed by atoms with E-state index in [0.29, 0.717) is 0 Å². The molecule has 2 atom stereocenters. The minimum atomic E-state index is -4.41. The Labute approximate surface area is 139 Å². The van der Waals surface area contributed by atoms with Crippen LogP contribution in [0.1, 0.15) is 49.3 Å². The van der Waals surface area contributed by atoms with Crippen LogP contribution in [0.5, 0.6) is 0 Å². The smallest absolute Gasteiger partial charge is 0.299 e. The zero-order valence-electron chi connectivity index (χ0n) is 14.2. The second-order valence-electron chi connectivity index (χ2n) is 6.33. The molecule has 6 heteroatoms. The molecule has 23 heavy (non-hydrogen) atoms. The summed E-state index contributed by atoms with van der Waals surface area (Å²) in [6.45, 7) is 8.32. The Morgan fingerprint density at radius 1 is 1.26 bits per heavy atom. The van der Waals surface area contributed by atoms with E-state index in [4.69, 9.17) is 8.74 Å². The summed E-state index contributed by atoms with van der Waals surface area (Å²) < 4.78 is 35.7. The van der Waals surface area contributed by atoms with Crippen LogP contribution in [0.2, 0.25) is 0 Å². The van der Waals surface area contributed by atoms with Crippen molar-refractivity contribution < 1.29 is 17.2 Å². The van der Waals surface area contributed by atoms with Gasteiger partial charge in [0, 0.05) is 12.0 Å². The lowest BCUT2D eigenvalue weighted by Gasteiger charge is -2.32. The summed E-state index contributed by atoms with van der Waals surface area (Å²) in [4.78, 5) is 2.42. The fraction of sp³-hybridized carbons (Fsp3) is 0.647.